The quantitative estimate of drug-likeness (QED) is 0.841. The molecule has 0 saturated carbocycles. The smallest absolute Gasteiger partial charge is 0.216 e. The van der Waals surface area contributed by atoms with Crippen LogP contribution in [0, 0.1) is 0 Å². The first-order valence-electron chi connectivity index (χ1n) is 5.62. The van der Waals surface area contributed by atoms with Crippen LogP contribution in [0.1, 0.15) is 16.0 Å². The van der Waals surface area contributed by atoms with Crippen molar-refractivity contribution in [3.8, 4) is 0 Å². The fourth-order valence-electron chi connectivity index (χ4n) is 1.52. The molecule has 5 nitrogen and oxygen atoms in total. The van der Waals surface area contributed by atoms with Crippen LogP contribution in [-0.2, 0) is 28.9 Å². The molecule has 1 aromatic heterocycles. The van der Waals surface area contributed by atoms with E-state index in [2.05, 4.69) is 9.71 Å². The van der Waals surface area contributed by atoms with E-state index in [9.17, 15) is 8.42 Å². The van der Waals surface area contributed by atoms with Gasteiger partial charge in [0, 0.05) is 17.6 Å². The van der Waals surface area contributed by atoms with Crippen LogP contribution in [0.2, 0.25) is 0 Å². The van der Waals surface area contributed by atoms with E-state index in [-0.39, 0.29) is 18.9 Å². The highest BCUT2D eigenvalue weighted by molar-refractivity contribution is 7.88. The fourth-order valence-corrected chi connectivity index (χ4v) is 3.26. The summed E-state index contributed by atoms with van der Waals surface area (Å²) in [5.41, 5.74) is 3.12. The van der Waals surface area contributed by atoms with Crippen LogP contribution in [-0.4, -0.2) is 18.5 Å². The summed E-state index contributed by atoms with van der Waals surface area (Å²) >= 11 is 1.41. The minimum atomic E-state index is -3.36. The van der Waals surface area contributed by atoms with E-state index in [0.717, 1.165) is 10.4 Å². The largest absolute Gasteiger partial charge is 0.392 e. The fraction of sp³-hybridized carbons (Fsp3) is 0.250. The Bertz CT molecular complexity index is 607. The Morgan fingerprint density at radius 2 is 1.89 bits per heavy atom. The molecule has 2 rings (SSSR count). The van der Waals surface area contributed by atoms with Gasteiger partial charge in [-0.25, -0.2) is 13.1 Å². The molecular weight excluding hydrogens is 284 g/mol. The zero-order valence-electron chi connectivity index (χ0n) is 10.1. The van der Waals surface area contributed by atoms with E-state index in [1.807, 2.05) is 0 Å². The monoisotopic (exact) mass is 298 g/mol. The highest BCUT2D eigenvalue weighted by atomic mass is 32.2. The highest BCUT2D eigenvalue weighted by Crippen LogP contribution is 2.09. The van der Waals surface area contributed by atoms with E-state index in [4.69, 9.17) is 5.11 Å². The average molecular weight is 298 g/mol. The molecule has 0 saturated heterocycles. The minimum Gasteiger partial charge on any atom is -0.392 e. The van der Waals surface area contributed by atoms with Gasteiger partial charge in [-0.2, -0.15) is 0 Å². The zero-order chi connectivity index (χ0) is 13.7. The molecule has 0 amide bonds. The van der Waals surface area contributed by atoms with Crippen molar-refractivity contribution in [1.29, 1.82) is 0 Å². The van der Waals surface area contributed by atoms with Crippen molar-refractivity contribution in [2.24, 2.45) is 0 Å². The Morgan fingerprint density at radius 1 is 1.21 bits per heavy atom. The minimum absolute atomic E-state index is 0.0450. The Hall–Kier alpha value is -1.28. The van der Waals surface area contributed by atoms with Crippen molar-refractivity contribution in [2.75, 3.05) is 0 Å². The lowest BCUT2D eigenvalue weighted by atomic mass is 10.2. The predicted octanol–water partition coefficient (Wildman–Crippen LogP) is 1.26. The van der Waals surface area contributed by atoms with Gasteiger partial charge in [-0.1, -0.05) is 24.3 Å². The number of aliphatic hydroxyl groups is 1. The molecule has 0 atom stereocenters. The van der Waals surface area contributed by atoms with Crippen molar-refractivity contribution in [2.45, 2.75) is 18.9 Å². The van der Waals surface area contributed by atoms with E-state index >= 15 is 0 Å². The summed E-state index contributed by atoms with van der Waals surface area (Å²) in [6.45, 7) is 0.221. The number of hydrogen-bond acceptors (Lipinski definition) is 5. The highest BCUT2D eigenvalue weighted by Gasteiger charge is 2.11. The average Bonchev–Trinajstić information content (AvgIpc) is 2.90. The summed E-state index contributed by atoms with van der Waals surface area (Å²) in [7, 11) is -3.36. The molecule has 0 unspecified atom stereocenters. The van der Waals surface area contributed by atoms with Crippen molar-refractivity contribution in [3.05, 3.63) is 52.0 Å². The van der Waals surface area contributed by atoms with Crippen molar-refractivity contribution >= 4 is 21.4 Å². The molecule has 19 heavy (non-hydrogen) atoms. The summed E-state index contributed by atoms with van der Waals surface area (Å²) in [6.07, 6.45) is 1.64. The number of nitrogens with one attached hydrogen (secondary N) is 1. The predicted molar refractivity (Wildman–Crippen MR) is 73.9 cm³/mol. The lowest BCUT2D eigenvalue weighted by molar-refractivity contribution is 0.282. The van der Waals surface area contributed by atoms with Crippen molar-refractivity contribution in [1.82, 2.24) is 9.71 Å². The standard InChI is InChI=1S/C12H14N2O3S2/c15-7-10-1-3-11(4-2-10)8-19(16,17)14-6-12-5-13-9-18-12/h1-5,9,14-15H,6-8H2. The second-order valence-electron chi connectivity index (χ2n) is 4.02. The molecule has 0 aliphatic carbocycles. The maximum atomic E-state index is 11.9. The Labute approximate surface area is 116 Å². The van der Waals surface area contributed by atoms with Crippen LogP contribution in [0.4, 0.5) is 0 Å². The first-order valence-corrected chi connectivity index (χ1v) is 8.15. The number of thiazole rings is 1. The number of rotatable bonds is 6. The van der Waals surface area contributed by atoms with Gasteiger partial charge in [0.15, 0.2) is 0 Å². The van der Waals surface area contributed by atoms with Crippen LogP contribution in [0.5, 0.6) is 0 Å². The molecule has 0 spiro atoms. The lowest BCUT2D eigenvalue weighted by Gasteiger charge is -2.06. The van der Waals surface area contributed by atoms with Gasteiger partial charge in [0.2, 0.25) is 10.0 Å². The van der Waals surface area contributed by atoms with Crippen LogP contribution in [0.25, 0.3) is 0 Å². The van der Waals surface area contributed by atoms with Gasteiger partial charge in [-0.05, 0) is 11.1 Å². The molecule has 2 N–H and O–H groups in total. The summed E-state index contributed by atoms with van der Waals surface area (Å²) in [6, 6.07) is 6.84. The molecule has 0 aliphatic heterocycles. The Kier molecular flexibility index (Phi) is 4.65. The topological polar surface area (TPSA) is 79.3 Å². The summed E-state index contributed by atoms with van der Waals surface area (Å²) in [4.78, 5) is 4.76. The number of aromatic nitrogens is 1. The maximum absolute atomic E-state index is 11.9. The van der Waals surface area contributed by atoms with Crippen LogP contribution in [0.3, 0.4) is 0 Å². The summed E-state index contributed by atoms with van der Waals surface area (Å²) < 4.78 is 26.3. The van der Waals surface area contributed by atoms with E-state index in [1.54, 1.807) is 36.0 Å². The molecule has 0 bridgehead atoms. The van der Waals surface area contributed by atoms with Gasteiger partial charge < -0.3 is 5.11 Å². The van der Waals surface area contributed by atoms with Gasteiger partial charge in [-0.15, -0.1) is 11.3 Å². The number of nitrogens with zero attached hydrogens (tertiary/aromatic N) is 1. The second kappa shape index (κ2) is 6.25. The molecule has 7 heteroatoms. The molecule has 0 radical (unpaired) electrons. The lowest BCUT2D eigenvalue weighted by Crippen LogP contribution is -2.24. The van der Waals surface area contributed by atoms with Crippen molar-refractivity contribution < 1.29 is 13.5 Å². The van der Waals surface area contributed by atoms with Crippen LogP contribution >= 0.6 is 11.3 Å². The van der Waals surface area contributed by atoms with Gasteiger partial charge >= 0.3 is 0 Å². The molecule has 102 valence electrons. The van der Waals surface area contributed by atoms with Gasteiger partial charge in [0.25, 0.3) is 0 Å². The maximum Gasteiger partial charge on any atom is 0.216 e. The van der Waals surface area contributed by atoms with E-state index in [1.165, 1.54) is 11.3 Å². The second-order valence-corrected chi connectivity index (χ2v) is 6.80. The summed E-state index contributed by atoms with van der Waals surface area (Å²) in [5, 5.41) is 8.92. The molecule has 0 fully saturated rings. The van der Waals surface area contributed by atoms with Gasteiger partial charge in [0.05, 0.1) is 17.9 Å². The molecule has 1 heterocycles. The number of sulfonamides is 1. The molecule has 0 aliphatic rings. The number of hydrogen-bond donors (Lipinski definition) is 2. The third-order valence-electron chi connectivity index (χ3n) is 2.51. The number of aliphatic hydroxyl groups excluding tert-OH is 1. The first-order chi connectivity index (χ1) is 9.09. The molecule has 2 aromatic rings. The molecule has 1 aromatic carbocycles. The van der Waals surface area contributed by atoms with Gasteiger partial charge in [-0.3, -0.25) is 4.98 Å². The first kappa shape index (κ1) is 14.1. The third kappa shape index (κ3) is 4.39. The van der Waals surface area contributed by atoms with Gasteiger partial charge in [0.1, 0.15) is 0 Å². The summed E-state index contributed by atoms with van der Waals surface area (Å²) in [5.74, 6) is -0.0719. The Balaban J connectivity index is 1.96. The SMILES string of the molecule is O=S(=O)(Cc1ccc(CO)cc1)NCc1cncs1. The van der Waals surface area contributed by atoms with Crippen LogP contribution in [0.15, 0.2) is 36.0 Å². The number of benzene rings is 1. The third-order valence-corrected chi connectivity index (χ3v) is 4.59. The zero-order valence-corrected chi connectivity index (χ0v) is 11.7. The Morgan fingerprint density at radius 3 is 2.47 bits per heavy atom. The van der Waals surface area contributed by atoms with E-state index in [0.29, 0.717) is 5.56 Å². The van der Waals surface area contributed by atoms with Crippen LogP contribution < -0.4 is 4.72 Å². The molecular formula is C12H14N2O3S2. The van der Waals surface area contributed by atoms with Crippen molar-refractivity contribution in [3.63, 3.8) is 0 Å². The van der Waals surface area contributed by atoms with E-state index < -0.39 is 10.0 Å². The normalized spacial score (nSPS) is 11.6.